The Hall–Kier alpha value is -1.92. The number of aromatic carboxylic acids is 1. The van der Waals surface area contributed by atoms with Gasteiger partial charge in [-0.25, -0.2) is 9.78 Å². The fraction of sp³-hybridized carbons (Fsp3) is 0.524. The number of hydrogen-bond donors (Lipinski definition) is 1. The molecule has 0 unspecified atom stereocenters. The molecule has 1 atom stereocenters. The molecule has 1 fully saturated rings. The third kappa shape index (κ3) is 3.36. The largest absolute Gasteiger partial charge is 0.478 e. The van der Waals surface area contributed by atoms with Crippen molar-refractivity contribution in [1.29, 1.82) is 0 Å². The van der Waals surface area contributed by atoms with Gasteiger partial charge in [-0.2, -0.15) is 0 Å². The summed E-state index contributed by atoms with van der Waals surface area (Å²) >= 11 is 1.64. The number of anilines is 1. The lowest BCUT2D eigenvalue weighted by Crippen LogP contribution is -2.24. The van der Waals surface area contributed by atoms with Gasteiger partial charge in [0.25, 0.3) is 0 Å². The number of methoxy groups -OCH3 is 1. The molecular weight excluding hydrogens is 360 g/mol. The Bertz CT molecular complexity index is 874. The molecule has 1 N–H and O–H groups in total. The molecule has 4 rings (SSSR count). The molecule has 1 saturated heterocycles. The maximum absolute atomic E-state index is 12.2. The van der Waals surface area contributed by atoms with E-state index in [0.29, 0.717) is 5.56 Å². The summed E-state index contributed by atoms with van der Waals surface area (Å²) in [4.78, 5) is 21.2. The van der Waals surface area contributed by atoms with Gasteiger partial charge >= 0.3 is 5.97 Å². The van der Waals surface area contributed by atoms with E-state index in [1.54, 1.807) is 24.6 Å². The summed E-state index contributed by atoms with van der Waals surface area (Å²) in [5.41, 5.74) is 2.60. The van der Waals surface area contributed by atoms with Crippen LogP contribution in [0.25, 0.3) is 10.4 Å². The van der Waals surface area contributed by atoms with Crippen molar-refractivity contribution in [2.24, 2.45) is 5.41 Å². The molecule has 0 saturated carbocycles. The van der Waals surface area contributed by atoms with Gasteiger partial charge in [-0.3, -0.25) is 0 Å². The van der Waals surface area contributed by atoms with Gasteiger partial charge in [-0.05, 0) is 48.8 Å². The van der Waals surface area contributed by atoms with E-state index in [1.165, 1.54) is 4.88 Å². The average molecular weight is 387 g/mol. The molecule has 0 spiro atoms. The molecule has 6 heteroatoms. The number of rotatable bonds is 4. The van der Waals surface area contributed by atoms with E-state index in [-0.39, 0.29) is 11.5 Å². The SMILES string of the molecule is CO[C@@H]1CCN(c2ncccc2-c2sc3c(c2C(=O)O)CC(C)(C)CC3)C1. The quantitative estimate of drug-likeness (QED) is 0.851. The zero-order chi connectivity index (χ0) is 19.2. The summed E-state index contributed by atoms with van der Waals surface area (Å²) in [5, 5.41) is 10.0. The van der Waals surface area contributed by atoms with Crippen LogP contribution in [0.15, 0.2) is 18.3 Å². The summed E-state index contributed by atoms with van der Waals surface area (Å²) in [6, 6.07) is 3.91. The summed E-state index contributed by atoms with van der Waals surface area (Å²) in [6.45, 7) is 6.12. The molecule has 0 radical (unpaired) electrons. The zero-order valence-corrected chi connectivity index (χ0v) is 16.9. The van der Waals surface area contributed by atoms with Gasteiger partial charge in [0, 0.05) is 36.8 Å². The van der Waals surface area contributed by atoms with Crippen LogP contribution >= 0.6 is 11.3 Å². The Labute approximate surface area is 164 Å². The van der Waals surface area contributed by atoms with Crippen molar-refractivity contribution in [3.63, 3.8) is 0 Å². The van der Waals surface area contributed by atoms with E-state index in [2.05, 4.69) is 23.7 Å². The monoisotopic (exact) mass is 386 g/mol. The predicted octanol–water partition coefficient (Wildman–Crippen LogP) is 4.25. The molecule has 27 heavy (non-hydrogen) atoms. The first-order valence-corrected chi connectivity index (χ1v) is 10.3. The van der Waals surface area contributed by atoms with Crippen LogP contribution in [-0.4, -0.2) is 42.4 Å². The van der Waals surface area contributed by atoms with Crippen molar-refractivity contribution >= 4 is 23.1 Å². The fourth-order valence-corrected chi connectivity index (χ4v) is 5.60. The van der Waals surface area contributed by atoms with Crippen molar-refractivity contribution in [2.75, 3.05) is 25.1 Å². The number of aryl methyl sites for hydroxylation is 1. The molecule has 3 heterocycles. The smallest absolute Gasteiger partial charge is 0.337 e. The van der Waals surface area contributed by atoms with Crippen LogP contribution in [0.1, 0.15) is 47.5 Å². The molecule has 0 aromatic carbocycles. The molecule has 2 aliphatic rings. The number of ether oxygens (including phenoxy) is 1. The van der Waals surface area contributed by atoms with Crippen LogP contribution in [-0.2, 0) is 17.6 Å². The van der Waals surface area contributed by atoms with Crippen LogP contribution < -0.4 is 4.90 Å². The average Bonchev–Trinajstić information content (AvgIpc) is 3.25. The summed E-state index contributed by atoms with van der Waals surface area (Å²) in [6.07, 6.45) is 5.84. The second-order valence-corrected chi connectivity index (χ2v) is 9.43. The third-order valence-electron chi connectivity index (χ3n) is 5.80. The first-order valence-electron chi connectivity index (χ1n) is 9.50. The second-order valence-electron chi connectivity index (χ2n) is 8.32. The van der Waals surface area contributed by atoms with E-state index < -0.39 is 5.97 Å². The van der Waals surface area contributed by atoms with Crippen molar-refractivity contribution < 1.29 is 14.6 Å². The first-order chi connectivity index (χ1) is 12.9. The van der Waals surface area contributed by atoms with Crippen molar-refractivity contribution in [2.45, 2.75) is 45.6 Å². The maximum atomic E-state index is 12.2. The summed E-state index contributed by atoms with van der Waals surface area (Å²) < 4.78 is 5.50. The van der Waals surface area contributed by atoms with E-state index in [1.807, 2.05) is 12.1 Å². The van der Waals surface area contributed by atoms with Gasteiger partial charge in [-0.15, -0.1) is 11.3 Å². The Kier molecular flexibility index (Phi) is 4.72. The van der Waals surface area contributed by atoms with Crippen LogP contribution in [0.4, 0.5) is 5.82 Å². The third-order valence-corrected chi connectivity index (χ3v) is 7.12. The number of fused-ring (bicyclic) bond motifs is 1. The highest BCUT2D eigenvalue weighted by atomic mass is 32.1. The highest BCUT2D eigenvalue weighted by molar-refractivity contribution is 7.16. The normalized spacial score (nSPS) is 21.3. The number of pyridine rings is 1. The van der Waals surface area contributed by atoms with Crippen molar-refractivity contribution in [3.05, 3.63) is 34.3 Å². The van der Waals surface area contributed by atoms with Crippen LogP contribution in [0.3, 0.4) is 0 Å². The highest BCUT2D eigenvalue weighted by Crippen LogP contribution is 2.46. The van der Waals surface area contributed by atoms with E-state index in [9.17, 15) is 9.90 Å². The number of nitrogens with zero attached hydrogens (tertiary/aromatic N) is 2. The Morgan fingerprint density at radius 3 is 2.96 bits per heavy atom. The van der Waals surface area contributed by atoms with Gasteiger partial charge in [0.15, 0.2) is 0 Å². The molecular formula is C21H26N2O3S. The molecule has 2 aromatic rings. The zero-order valence-electron chi connectivity index (χ0n) is 16.1. The molecule has 0 bridgehead atoms. The molecule has 0 amide bonds. The number of hydrogen-bond acceptors (Lipinski definition) is 5. The minimum absolute atomic E-state index is 0.147. The maximum Gasteiger partial charge on any atom is 0.337 e. The fourth-order valence-electron chi connectivity index (χ4n) is 4.28. The number of carboxylic acid groups (broad SMARTS) is 1. The lowest BCUT2D eigenvalue weighted by atomic mass is 9.76. The molecule has 2 aromatic heterocycles. The van der Waals surface area contributed by atoms with Crippen molar-refractivity contribution in [1.82, 2.24) is 4.98 Å². The van der Waals surface area contributed by atoms with Crippen molar-refractivity contribution in [3.8, 4) is 10.4 Å². The minimum Gasteiger partial charge on any atom is -0.478 e. The number of carboxylic acids is 1. The van der Waals surface area contributed by atoms with E-state index in [4.69, 9.17) is 4.74 Å². The summed E-state index contributed by atoms with van der Waals surface area (Å²) in [5.74, 6) is 0.0450. The van der Waals surface area contributed by atoms with Gasteiger partial charge < -0.3 is 14.7 Å². The van der Waals surface area contributed by atoms with Gasteiger partial charge in [0.1, 0.15) is 5.82 Å². The standard InChI is InChI=1S/C21H26N2O3S/c1-21(2)8-6-16-15(11-21)17(20(24)25)18(27-16)14-5-4-9-22-19(14)23-10-7-13(12-23)26-3/h4-5,9,13H,6-8,10-12H2,1-3H3,(H,24,25)/t13-/m1/s1. The minimum atomic E-state index is -0.828. The Morgan fingerprint density at radius 1 is 1.44 bits per heavy atom. The van der Waals surface area contributed by atoms with E-state index in [0.717, 1.165) is 60.6 Å². The number of carbonyl (C=O) groups is 1. The van der Waals surface area contributed by atoms with Crippen LogP contribution in [0, 0.1) is 5.41 Å². The predicted molar refractivity (Wildman–Crippen MR) is 108 cm³/mol. The molecule has 1 aliphatic carbocycles. The van der Waals surface area contributed by atoms with Crippen LogP contribution in [0.5, 0.6) is 0 Å². The lowest BCUT2D eigenvalue weighted by molar-refractivity contribution is 0.0696. The van der Waals surface area contributed by atoms with Gasteiger partial charge in [0.05, 0.1) is 16.5 Å². The number of aromatic nitrogens is 1. The summed E-state index contributed by atoms with van der Waals surface area (Å²) in [7, 11) is 1.74. The second kappa shape index (κ2) is 6.91. The topological polar surface area (TPSA) is 62.7 Å². The first kappa shape index (κ1) is 18.4. The number of thiophene rings is 1. The molecule has 1 aliphatic heterocycles. The van der Waals surface area contributed by atoms with Gasteiger partial charge in [-0.1, -0.05) is 13.8 Å². The van der Waals surface area contributed by atoms with Crippen LogP contribution in [0.2, 0.25) is 0 Å². The highest BCUT2D eigenvalue weighted by Gasteiger charge is 2.34. The molecule has 5 nitrogen and oxygen atoms in total. The Morgan fingerprint density at radius 2 is 2.26 bits per heavy atom. The Balaban J connectivity index is 1.81. The lowest BCUT2D eigenvalue weighted by Gasteiger charge is -2.29. The van der Waals surface area contributed by atoms with E-state index >= 15 is 0 Å². The van der Waals surface area contributed by atoms with Gasteiger partial charge in [0.2, 0.25) is 0 Å². The molecule has 144 valence electrons.